The van der Waals surface area contributed by atoms with Crippen molar-refractivity contribution in [3.63, 3.8) is 0 Å². The van der Waals surface area contributed by atoms with Gasteiger partial charge >= 0.3 is 0 Å². The number of allylic oxidation sites excluding steroid dienone is 4. The van der Waals surface area contributed by atoms with Gasteiger partial charge in [-0.15, -0.1) is 0 Å². The molecule has 0 aliphatic heterocycles. The van der Waals surface area contributed by atoms with E-state index in [-0.39, 0.29) is 0 Å². The van der Waals surface area contributed by atoms with Gasteiger partial charge in [-0.05, 0) is 119 Å². The van der Waals surface area contributed by atoms with E-state index in [1.54, 1.807) is 25.7 Å². The lowest BCUT2D eigenvalue weighted by atomic mass is 9.68. The summed E-state index contributed by atoms with van der Waals surface area (Å²) in [6.07, 6.45) is 34.8. The topological polar surface area (TPSA) is 0 Å². The molecule has 3 aliphatic carbocycles. The molecule has 0 bridgehead atoms. The highest BCUT2D eigenvalue weighted by atomic mass is 14.4. The van der Waals surface area contributed by atoms with E-state index >= 15 is 0 Å². The van der Waals surface area contributed by atoms with Crippen LogP contribution in [-0.4, -0.2) is 0 Å². The molecule has 0 aromatic heterocycles. The molecule has 0 saturated heterocycles. The van der Waals surface area contributed by atoms with Crippen molar-refractivity contribution < 1.29 is 0 Å². The van der Waals surface area contributed by atoms with Gasteiger partial charge in [0.1, 0.15) is 0 Å². The molecular weight excluding hydrogens is 348 g/mol. The Morgan fingerprint density at radius 1 is 0.586 bits per heavy atom. The van der Waals surface area contributed by atoms with Crippen LogP contribution in [0, 0.1) is 35.5 Å². The molecule has 0 aromatic carbocycles. The second-order valence-electron chi connectivity index (χ2n) is 10.9. The second kappa shape index (κ2) is 13.0. The van der Waals surface area contributed by atoms with Crippen molar-refractivity contribution in [1.29, 1.82) is 0 Å². The molecule has 0 amide bonds. The van der Waals surface area contributed by atoms with Gasteiger partial charge in [0.05, 0.1) is 0 Å². The Balaban J connectivity index is 1.24. The van der Waals surface area contributed by atoms with E-state index in [4.69, 9.17) is 0 Å². The van der Waals surface area contributed by atoms with Crippen LogP contribution in [0.25, 0.3) is 0 Å². The van der Waals surface area contributed by atoms with Crippen LogP contribution in [0.15, 0.2) is 24.3 Å². The molecule has 0 aromatic rings. The molecule has 29 heavy (non-hydrogen) atoms. The Morgan fingerprint density at radius 2 is 1.07 bits per heavy atom. The zero-order valence-corrected chi connectivity index (χ0v) is 19.8. The minimum atomic E-state index is 0.891. The summed E-state index contributed by atoms with van der Waals surface area (Å²) >= 11 is 0. The molecule has 0 heteroatoms. The Hall–Kier alpha value is -0.520. The molecule has 166 valence electrons. The molecule has 0 N–H and O–H groups in total. The summed E-state index contributed by atoms with van der Waals surface area (Å²) in [5, 5.41) is 0. The predicted molar refractivity (Wildman–Crippen MR) is 129 cm³/mol. The van der Waals surface area contributed by atoms with Gasteiger partial charge in [-0.25, -0.2) is 0 Å². The van der Waals surface area contributed by atoms with Crippen LogP contribution in [0.4, 0.5) is 0 Å². The van der Waals surface area contributed by atoms with E-state index in [0.29, 0.717) is 0 Å². The first-order chi connectivity index (χ1) is 14.3. The molecule has 0 spiro atoms. The van der Waals surface area contributed by atoms with Crippen molar-refractivity contribution in [2.75, 3.05) is 0 Å². The summed E-state index contributed by atoms with van der Waals surface area (Å²) in [5.41, 5.74) is 0. The number of hydrogen-bond donors (Lipinski definition) is 0. The maximum Gasteiger partial charge on any atom is -0.0233 e. The van der Waals surface area contributed by atoms with Crippen LogP contribution in [-0.2, 0) is 0 Å². The van der Waals surface area contributed by atoms with Crippen LogP contribution in [0.2, 0.25) is 0 Å². The Morgan fingerprint density at radius 3 is 1.59 bits per heavy atom. The van der Waals surface area contributed by atoms with Crippen molar-refractivity contribution in [3.8, 4) is 0 Å². The minimum absolute atomic E-state index is 0.891. The van der Waals surface area contributed by atoms with E-state index in [1.165, 1.54) is 83.5 Å². The summed E-state index contributed by atoms with van der Waals surface area (Å²) in [4.78, 5) is 0. The summed E-state index contributed by atoms with van der Waals surface area (Å²) in [6, 6.07) is 0. The Kier molecular flexibility index (Phi) is 10.4. The van der Waals surface area contributed by atoms with E-state index < -0.39 is 0 Å². The first-order valence-corrected chi connectivity index (χ1v) is 13.6. The van der Waals surface area contributed by atoms with E-state index in [1.807, 2.05) is 0 Å². The highest BCUT2D eigenvalue weighted by Gasteiger charge is 2.30. The van der Waals surface area contributed by atoms with Gasteiger partial charge in [-0.3, -0.25) is 0 Å². The second-order valence-corrected chi connectivity index (χ2v) is 10.9. The monoisotopic (exact) mass is 398 g/mol. The lowest BCUT2D eigenvalue weighted by Crippen LogP contribution is -2.25. The normalized spacial score (nSPS) is 36.8. The van der Waals surface area contributed by atoms with Gasteiger partial charge < -0.3 is 0 Å². The fourth-order valence-electron chi connectivity index (χ4n) is 6.80. The van der Waals surface area contributed by atoms with Gasteiger partial charge in [0.2, 0.25) is 0 Å². The lowest BCUT2D eigenvalue weighted by Gasteiger charge is -2.37. The van der Waals surface area contributed by atoms with Gasteiger partial charge in [0.15, 0.2) is 0 Å². The fraction of sp³-hybridized carbons (Fsp3) is 0.862. The summed E-state index contributed by atoms with van der Waals surface area (Å²) < 4.78 is 0. The smallest absolute Gasteiger partial charge is 0.0233 e. The molecule has 0 atom stereocenters. The first kappa shape index (κ1) is 23.1. The van der Waals surface area contributed by atoms with Gasteiger partial charge in [0, 0.05) is 0 Å². The van der Waals surface area contributed by atoms with Crippen molar-refractivity contribution in [2.24, 2.45) is 35.5 Å². The third-order valence-electron chi connectivity index (χ3n) is 9.05. The molecule has 3 fully saturated rings. The van der Waals surface area contributed by atoms with Gasteiger partial charge in [0.25, 0.3) is 0 Å². The highest BCUT2D eigenvalue weighted by molar-refractivity contribution is 4.92. The molecule has 3 aliphatic rings. The maximum atomic E-state index is 2.60. The van der Waals surface area contributed by atoms with Crippen LogP contribution < -0.4 is 0 Å². The largest absolute Gasteiger partial charge is 0.0917 e. The Labute approximate surface area is 183 Å². The SMILES string of the molecule is C/C=C/CCC1CCC(/C=C/CCC2CCC(C3CCC(CC)CC3)CC2)CC1. The van der Waals surface area contributed by atoms with E-state index in [2.05, 4.69) is 38.2 Å². The van der Waals surface area contributed by atoms with Crippen molar-refractivity contribution in [2.45, 2.75) is 123 Å². The van der Waals surface area contributed by atoms with E-state index in [9.17, 15) is 0 Å². The minimum Gasteiger partial charge on any atom is -0.0917 e. The molecule has 0 radical (unpaired) electrons. The quantitative estimate of drug-likeness (QED) is 0.339. The number of rotatable bonds is 9. The molecule has 3 saturated carbocycles. The average Bonchev–Trinajstić information content (AvgIpc) is 2.78. The summed E-state index contributed by atoms with van der Waals surface area (Å²) in [7, 11) is 0. The van der Waals surface area contributed by atoms with Crippen LogP contribution in [0.1, 0.15) is 123 Å². The van der Waals surface area contributed by atoms with Crippen molar-refractivity contribution in [1.82, 2.24) is 0 Å². The van der Waals surface area contributed by atoms with Crippen molar-refractivity contribution >= 4 is 0 Å². The highest BCUT2D eigenvalue weighted by Crippen LogP contribution is 2.42. The summed E-state index contributed by atoms with van der Waals surface area (Å²) in [6.45, 7) is 4.54. The number of hydrogen-bond acceptors (Lipinski definition) is 0. The van der Waals surface area contributed by atoms with Gasteiger partial charge in [-0.1, -0.05) is 63.3 Å². The standard InChI is InChI=1S/C29H50/c1-3-5-6-9-25-12-14-26(15-13-25)10-7-8-11-27-18-22-29(23-19-27)28-20-16-24(4-2)17-21-28/h3,5,7,10,24-29H,4,6,8-9,11-23H2,1-2H3/b5-3+,10-7+. The fourth-order valence-corrected chi connectivity index (χ4v) is 6.80. The Bertz CT molecular complexity index is 462. The third-order valence-corrected chi connectivity index (χ3v) is 9.05. The molecule has 0 nitrogen and oxygen atoms in total. The molecule has 3 rings (SSSR count). The maximum absolute atomic E-state index is 2.60. The predicted octanol–water partition coefficient (Wildman–Crippen LogP) is 9.51. The van der Waals surface area contributed by atoms with Crippen LogP contribution in [0.3, 0.4) is 0 Å². The summed E-state index contributed by atoms with van der Waals surface area (Å²) in [5.74, 6) is 6.16. The lowest BCUT2D eigenvalue weighted by molar-refractivity contribution is 0.143. The average molecular weight is 399 g/mol. The zero-order chi connectivity index (χ0) is 20.3. The third kappa shape index (κ3) is 7.91. The van der Waals surface area contributed by atoms with Crippen LogP contribution >= 0.6 is 0 Å². The molecule has 0 unspecified atom stereocenters. The molecular formula is C29H50. The molecule has 0 heterocycles. The van der Waals surface area contributed by atoms with Crippen molar-refractivity contribution in [3.05, 3.63) is 24.3 Å². The zero-order valence-electron chi connectivity index (χ0n) is 19.8. The van der Waals surface area contributed by atoms with Gasteiger partial charge in [-0.2, -0.15) is 0 Å². The van der Waals surface area contributed by atoms with E-state index in [0.717, 1.165) is 35.5 Å². The first-order valence-electron chi connectivity index (χ1n) is 13.6. The van der Waals surface area contributed by atoms with Crippen LogP contribution in [0.5, 0.6) is 0 Å².